The molecule has 2 amide bonds. The van der Waals surface area contributed by atoms with Gasteiger partial charge < -0.3 is 15.5 Å². The molecule has 1 heterocycles. The van der Waals surface area contributed by atoms with Gasteiger partial charge in [-0.2, -0.15) is 0 Å². The van der Waals surface area contributed by atoms with Gasteiger partial charge in [0.05, 0.1) is 0 Å². The molecule has 2 N–H and O–H groups in total. The minimum absolute atomic E-state index is 0.00318. The summed E-state index contributed by atoms with van der Waals surface area (Å²) in [6.45, 7) is 7.48. The second kappa shape index (κ2) is 9.08. The van der Waals surface area contributed by atoms with Gasteiger partial charge in [0.2, 0.25) is 0 Å². The molecule has 0 saturated carbocycles. The number of allylic oxidation sites excluding steroid dienone is 2. The number of piperidine rings is 1. The van der Waals surface area contributed by atoms with E-state index in [4.69, 9.17) is 0 Å². The van der Waals surface area contributed by atoms with Crippen LogP contribution in [-0.4, -0.2) is 43.7 Å². The Kier molecular flexibility index (Phi) is 7.07. The third kappa shape index (κ3) is 6.51. The van der Waals surface area contributed by atoms with Crippen molar-refractivity contribution in [2.75, 3.05) is 32.7 Å². The second-order valence-corrected chi connectivity index (χ2v) is 6.69. The summed E-state index contributed by atoms with van der Waals surface area (Å²) in [5.74, 6) is 1.45. The molecule has 120 valence electrons. The molecule has 1 fully saturated rings. The van der Waals surface area contributed by atoms with Crippen LogP contribution in [-0.2, 0) is 0 Å². The minimum atomic E-state index is -0.00318. The Morgan fingerprint density at radius 2 is 2.19 bits per heavy atom. The number of nitrogens with one attached hydrogen (secondary N) is 2. The molecule has 0 bridgehead atoms. The number of amides is 2. The standard InChI is InChI=1S/C17H31N3O/c1-15-7-5-11-20(14-15)12-6-10-18-17(21)19-13-16-8-3-2-4-9-16/h2-3,15-16H,4-14H2,1H3,(H2,18,19,21). The van der Waals surface area contributed by atoms with E-state index in [1.807, 2.05) is 0 Å². The first-order valence-electron chi connectivity index (χ1n) is 8.63. The molecular weight excluding hydrogens is 262 g/mol. The van der Waals surface area contributed by atoms with Crippen molar-refractivity contribution in [2.24, 2.45) is 11.8 Å². The van der Waals surface area contributed by atoms with Gasteiger partial charge in [-0.15, -0.1) is 0 Å². The maximum absolute atomic E-state index is 11.7. The zero-order chi connectivity index (χ0) is 14.9. The van der Waals surface area contributed by atoms with E-state index >= 15 is 0 Å². The van der Waals surface area contributed by atoms with Crippen LogP contribution >= 0.6 is 0 Å². The van der Waals surface area contributed by atoms with E-state index in [1.165, 1.54) is 32.4 Å². The molecule has 0 aromatic rings. The van der Waals surface area contributed by atoms with E-state index in [2.05, 4.69) is 34.6 Å². The number of likely N-dealkylation sites (tertiary alicyclic amines) is 1. The number of carbonyl (C=O) groups excluding carboxylic acids is 1. The van der Waals surface area contributed by atoms with E-state index < -0.39 is 0 Å². The topological polar surface area (TPSA) is 44.4 Å². The third-order valence-electron chi connectivity index (χ3n) is 4.61. The largest absolute Gasteiger partial charge is 0.338 e. The highest BCUT2D eigenvalue weighted by Gasteiger charge is 2.15. The van der Waals surface area contributed by atoms with Gasteiger partial charge >= 0.3 is 6.03 Å². The van der Waals surface area contributed by atoms with Crippen LogP contribution in [0.15, 0.2) is 12.2 Å². The number of carbonyl (C=O) groups is 1. The smallest absolute Gasteiger partial charge is 0.314 e. The molecule has 1 aliphatic carbocycles. The monoisotopic (exact) mass is 293 g/mol. The van der Waals surface area contributed by atoms with Gasteiger partial charge in [0.25, 0.3) is 0 Å². The first-order chi connectivity index (χ1) is 10.2. The Morgan fingerprint density at radius 1 is 1.29 bits per heavy atom. The molecule has 1 aliphatic heterocycles. The number of rotatable bonds is 6. The lowest BCUT2D eigenvalue weighted by atomic mass is 9.94. The summed E-state index contributed by atoms with van der Waals surface area (Å²) in [5, 5.41) is 5.98. The van der Waals surface area contributed by atoms with Crippen molar-refractivity contribution in [2.45, 2.75) is 45.4 Å². The molecule has 2 aliphatic rings. The van der Waals surface area contributed by atoms with Gasteiger partial charge in [-0.05, 0) is 63.5 Å². The summed E-state index contributed by atoms with van der Waals surface area (Å²) in [6.07, 6.45) is 11.7. The molecule has 2 unspecified atom stereocenters. The van der Waals surface area contributed by atoms with Gasteiger partial charge in [0.15, 0.2) is 0 Å². The van der Waals surface area contributed by atoms with Crippen molar-refractivity contribution in [1.29, 1.82) is 0 Å². The number of urea groups is 1. The first kappa shape index (κ1) is 16.3. The molecule has 1 saturated heterocycles. The van der Waals surface area contributed by atoms with Crippen LogP contribution in [0.5, 0.6) is 0 Å². The highest BCUT2D eigenvalue weighted by Crippen LogP contribution is 2.17. The number of hydrogen-bond donors (Lipinski definition) is 2. The molecule has 4 nitrogen and oxygen atoms in total. The Balaban J connectivity index is 1.48. The first-order valence-corrected chi connectivity index (χ1v) is 8.63. The number of nitrogens with zero attached hydrogens (tertiary/aromatic N) is 1. The zero-order valence-corrected chi connectivity index (χ0v) is 13.4. The predicted molar refractivity (Wildman–Crippen MR) is 87.3 cm³/mol. The Bertz CT molecular complexity index is 343. The normalized spacial score (nSPS) is 26.5. The fourth-order valence-electron chi connectivity index (χ4n) is 3.34. The van der Waals surface area contributed by atoms with Crippen LogP contribution in [0, 0.1) is 11.8 Å². The molecule has 2 atom stereocenters. The van der Waals surface area contributed by atoms with Crippen LogP contribution in [0.2, 0.25) is 0 Å². The summed E-state index contributed by atoms with van der Waals surface area (Å²) in [5.41, 5.74) is 0. The molecule has 0 aromatic carbocycles. The van der Waals surface area contributed by atoms with Crippen molar-refractivity contribution in [3.8, 4) is 0 Å². The summed E-state index contributed by atoms with van der Waals surface area (Å²) < 4.78 is 0. The maximum atomic E-state index is 11.7. The zero-order valence-electron chi connectivity index (χ0n) is 13.4. The van der Waals surface area contributed by atoms with Crippen LogP contribution in [0.3, 0.4) is 0 Å². The summed E-state index contributed by atoms with van der Waals surface area (Å²) in [4.78, 5) is 14.3. The van der Waals surface area contributed by atoms with Crippen molar-refractivity contribution in [3.05, 3.63) is 12.2 Å². The fourth-order valence-corrected chi connectivity index (χ4v) is 3.34. The SMILES string of the molecule is CC1CCCN(CCCNC(=O)NCC2CC=CCC2)C1. The Labute approximate surface area is 129 Å². The highest BCUT2D eigenvalue weighted by atomic mass is 16.2. The van der Waals surface area contributed by atoms with E-state index in [0.717, 1.165) is 44.8 Å². The van der Waals surface area contributed by atoms with Crippen LogP contribution in [0.4, 0.5) is 4.79 Å². The van der Waals surface area contributed by atoms with Gasteiger partial charge in [-0.3, -0.25) is 0 Å². The van der Waals surface area contributed by atoms with Gasteiger partial charge in [0, 0.05) is 19.6 Å². The van der Waals surface area contributed by atoms with E-state index in [9.17, 15) is 4.79 Å². The van der Waals surface area contributed by atoms with Crippen molar-refractivity contribution < 1.29 is 4.79 Å². The molecule has 2 rings (SSSR count). The van der Waals surface area contributed by atoms with Crippen molar-refractivity contribution >= 4 is 6.03 Å². The molecule has 0 radical (unpaired) electrons. The lowest BCUT2D eigenvalue weighted by Crippen LogP contribution is -2.40. The summed E-state index contributed by atoms with van der Waals surface area (Å²) in [7, 11) is 0. The van der Waals surface area contributed by atoms with Gasteiger partial charge in [0.1, 0.15) is 0 Å². The maximum Gasteiger partial charge on any atom is 0.314 e. The van der Waals surface area contributed by atoms with Gasteiger partial charge in [-0.25, -0.2) is 4.79 Å². The van der Waals surface area contributed by atoms with Crippen molar-refractivity contribution in [3.63, 3.8) is 0 Å². The number of hydrogen-bond acceptors (Lipinski definition) is 2. The highest BCUT2D eigenvalue weighted by molar-refractivity contribution is 5.73. The summed E-state index contributed by atoms with van der Waals surface area (Å²) in [6, 6.07) is -0.00318. The molecule has 4 heteroatoms. The van der Waals surface area contributed by atoms with Gasteiger partial charge in [-0.1, -0.05) is 19.1 Å². The average molecular weight is 293 g/mol. The molecular formula is C17H31N3O. The van der Waals surface area contributed by atoms with Crippen molar-refractivity contribution in [1.82, 2.24) is 15.5 Å². The minimum Gasteiger partial charge on any atom is -0.338 e. The molecule has 21 heavy (non-hydrogen) atoms. The van der Waals surface area contributed by atoms with Crippen LogP contribution < -0.4 is 10.6 Å². The molecule has 0 aromatic heterocycles. The quantitative estimate of drug-likeness (QED) is 0.584. The van der Waals surface area contributed by atoms with Crippen LogP contribution in [0.25, 0.3) is 0 Å². The lowest BCUT2D eigenvalue weighted by molar-refractivity contribution is 0.181. The van der Waals surface area contributed by atoms with E-state index in [0.29, 0.717) is 5.92 Å². The fraction of sp³-hybridized carbons (Fsp3) is 0.824. The third-order valence-corrected chi connectivity index (χ3v) is 4.61. The predicted octanol–water partition coefficient (Wildman–Crippen LogP) is 2.76. The van der Waals surface area contributed by atoms with Crippen LogP contribution in [0.1, 0.15) is 45.4 Å². The van der Waals surface area contributed by atoms with E-state index in [-0.39, 0.29) is 6.03 Å². The second-order valence-electron chi connectivity index (χ2n) is 6.69. The average Bonchev–Trinajstić information content (AvgIpc) is 2.51. The Morgan fingerprint density at radius 3 is 2.95 bits per heavy atom. The lowest BCUT2D eigenvalue weighted by Gasteiger charge is -2.30. The van der Waals surface area contributed by atoms with E-state index in [1.54, 1.807) is 0 Å². The molecule has 0 spiro atoms. The summed E-state index contributed by atoms with van der Waals surface area (Å²) >= 11 is 0. The Hall–Kier alpha value is -1.03.